The second kappa shape index (κ2) is 7.09. The third kappa shape index (κ3) is 3.95. The number of anilines is 2. The van der Waals surface area contributed by atoms with E-state index in [1.807, 2.05) is 18.2 Å². The number of methoxy groups -OCH3 is 1. The van der Waals surface area contributed by atoms with Crippen LogP contribution < -0.4 is 15.8 Å². The fourth-order valence-corrected chi connectivity index (χ4v) is 2.35. The molecule has 0 aliphatic heterocycles. The van der Waals surface area contributed by atoms with Crippen LogP contribution in [0.2, 0.25) is 0 Å². The van der Waals surface area contributed by atoms with Crippen molar-refractivity contribution in [2.75, 3.05) is 12.4 Å². The topological polar surface area (TPSA) is 47.3 Å². The van der Waals surface area contributed by atoms with E-state index in [0.717, 1.165) is 35.5 Å². The number of nitrogens with two attached hydrogens (primary N) is 1. The lowest BCUT2D eigenvalue weighted by Gasteiger charge is -2.13. The van der Waals surface area contributed by atoms with Crippen LogP contribution in [0.1, 0.15) is 24.5 Å². The second-order valence-corrected chi connectivity index (χ2v) is 5.29. The van der Waals surface area contributed by atoms with Gasteiger partial charge in [0, 0.05) is 17.3 Å². The molecule has 3 nitrogen and oxygen atoms in total. The summed E-state index contributed by atoms with van der Waals surface area (Å²) in [5.41, 5.74) is 9.77. The van der Waals surface area contributed by atoms with E-state index in [2.05, 4.69) is 36.5 Å². The third-order valence-corrected chi connectivity index (χ3v) is 3.48. The molecule has 3 N–H and O–H groups in total. The first-order chi connectivity index (χ1) is 10.1. The Morgan fingerprint density at radius 3 is 2.48 bits per heavy atom. The summed E-state index contributed by atoms with van der Waals surface area (Å²) in [6.45, 7) is 2.18. The molecular weight excluding hydrogens is 280 g/mol. The standard InChI is InChI=1S/C17H20N2OS/c1-3-4-12-5-7-13(8-6-12)19-16-11-14(20-2)9-10-15(16)17(18)21/h5-11,19H,3-4H2,1-2H3,(H2,18,21). The van der Waals surface area contributed by atoms with Crippen molar-refractivity contribution in [2.45, 2.75) is 19.8 Å². The SMILES string of the molecule is CCCc1ccc(Nc2cc(OC)ccc2C(N)=S)cc1. The molecule has 0 radical (unpaired) electrons. The summed E-state index contributed by atoms with van der Waals surface area (Å²) in [4.78, 5) is 0.364. The molecule has 0 saturated heterocycles. The lowest BCUT2D eigenvalue weighted by molar-refractivity contribution is 0.415. The molecule has 0 heterocycles. The molecule has 4 heteroatoms. The first kappa shape index (κ1) is 15.3. The van der Waals surface area contributed by atoms with Crippen molar-refractivity contribution in [3.63, 3.8) is 0 Å². The van der Waals surface area contributed by atoms with E-state index in [9.17, 15) is 0 Å². The number of aryl methyl sites for hydroxylation is 1. The van der Waals surface area contributed by atoms with Gasteiger partial charge in [0.2, 0.25) is 0 Å². The third-order valence-electron chi connectivity index (χ3n) is 3.26. The highest BCUT2D eigenvalue weighted by molar-refractivity contribution is 7.80. The molecule has 2 aromatic carbocycles. The molecule has 0 amide bonds. The smallest absolute Gasteiger partial charge is 0.120 e. The second-order valence-electron chi connectivity index (χ2n) is 4.85. The van der Waals surface area contributed by atoms with E-state index in [1.54, 1.807) is 7.11 Å². The largest absolute Gasteiger partial charge is 0.497 e. The number of nitrogens with one attached hydrogen (secondary N) is 1. The van der Waals surface area contributed by atoms with Gasteiger partial charge in [-0.25, -0.2) is 0 Å². The van der Waals surface area contributed by atoms with Gasteiger partial charge in [0.05, 0.1) is 12.8 Å². The Hall–Kier alpha value is -2.07. The Morgan fingerprint density at radius 2 is 1.90 bits per heavy atom. The summed E-state index contributed by atoms with van der Waals surface area (Å²) in [5.74, 6) is 0.764. The highest BCUT2D eigenvalue weighted by Gasteiger charge is 2.07. The number of thiocarbonyl (C=S) groups is 1. The zero-order valence-corrected chi connectivity index (χ0v) is 13.2. The number of rotatable bonds is 6. The molecule has 0 aliphatic rings. The maximum absolute atomic E-state index is 5.77. The Morgan fingerprint density at radius 1 is 1.19 bits per heavy atom. The van der Waals surface area contributed by atoms with Gasteiger partial charge in [-0.1, -0.05) is 37.7 Å². The Labute approximate surface area is 131 Å². The molecule has 0 bridgehead atoms. The first-order valence-electron chi connectivity index (χ1n) is 6.98. The van der Waals surface area contributed by atoms with Crippen LogP contribution >= 0.6 is 12.2 Å². The van der Waals surface area contributed by atoms with Crippen LogP contribution in [0.3, 0.4) is 0 Å². The minimum Gasteiger partial charge on any atom is -0.497 e. The van der Waals surface area contributed by atoms with Gasteiger partial charge < -0.3 is 15.8 Å². The summed E-state index contributed by atoms with van der Waals surface area (Å²) >= 11 is 5.10. The molecule has 0 spiro atoms. The van der Waals surface area contributed by atoms with Gasteiger partial charge in [-0.05, 0) is 36.2 Å². The minimum absolute atomic E-state index is 0.364. The number of ether oxygens (including phenoxy) is 1. The van der Waals surface area contributed by atoms with E-state index in [0.29, 0.717) is 4.99 Å². The quantitative estimate of drug-likeness (QED) is 0.791. The van der Waals surface area contributed by atoms with E-state index in [-0.39, 0.29) is 0 Å². The Bertz CT molecular complexity index is 623. The summed E-state index contributed by atoms with van der Waals surface area (Å²) in [6, 6.07) is 14.0. The average molecular weight is 300 g/mol. The van der Waals surface area contributed by atoms with Crippen molar-refractivity contribution in [3.8, 4) is 5.75 Å². The van der Waals surface area contributed by atoms with Crippen molar-refractivity contribution in [1.82, 2.24) is 0 Å². The van der Waals surface area contributed by atoms with Crippen LogP contribution in [0.4, 0.5) is 11.4 Å². The average Bonchev–Trinajstić information content (AvgIpc) is 2.49. The van der Waals surface area contributed by atoms with Crippen LogP contribution in [0.5, 0.6) is 5.75 Å². The molecule has 0 aromatic heterocycles. The van der Waals surface area contributed by atoms with Crippen molar-refractivity contribution in [3.05, 3.63) is 53.6 Å². The molecular formula is C17H20N2OS. The van der Waals surface area contributed by atoms with E-state index >= 15 is 0 Å². The maximum Gasteiger partial charge on any atom is 0.120 e. The lowest BCUT2D eigenvalue weighted by Crippen LogP contribution is -2.12. The maximum atomic E-state index is 5.77. The predicted octanol–water partition coefficient (Wildman–Crippen LogP) is 4.03. The number of benzene rings is 2. The molecule has 2 aromatic rings. The molecule has 21 heavy (non-hydrogen) atoms. The van der Waals surface area contributed by atoms with Crippen molar-refractivity contribution >= 4 is 28.6 Å². The van der Waals surface area contributed by atoms with Gasteiger partial charge in [0.15, 0.2) is 0 Å². The molecule has 110 valence electrons. The minimum atomic E-state index is 0.364. The molecule has 2 rings (SSSR count). The van der Waals surface area contributed by atoms with Gasteiger partial charge in [-0.15, -0.1) is 0 Å². The zero-order valence-electron chi connectivity index (χ0n) is 12.3. The van der Waals surface area contributed by atoms with E-state index in [1.165, 1.54) is 5.56 Å². The van der Waals surface area contributed by atoms with Gasteiger partial charge in [-0.3, -0.25) is 0 Å². The number of hydrogen-bond donors (Lipinski definition) is 2. The molecule has 0 aliphatic carbocycles. The van der Waals surface area contributed by atoms with Crippen molar-refractivity contribution in [1.29, 1.82) is 0 Å². The molecule has 0 saturated carbocycles. The van der Waals surface area contributed by atoms with Gasteiger partial charge >= 0.3 is 0 Å². The van der Waals surface area contributed by atoms with Crippen LogP contribution in [0.15, 0.2) is 42.5 Å². The van der Waals surface area contributed by atoms with Crippen LogP contribution in [0.25, 0.3) is 0 Å². The van der Waals surface area contributed by atoms with Gasteiger partial charge in [0.1, 0.15) is 10.7 Å². The highest BCUT2D eigenvalue weighted by Crippen LogP contribution is 2.26. The monoisotopic (exact) mass is 300 g/mol. The predicted molar refractivity (Wildman–Crippen MR) is 92.6 cm³/mol. The molecule has 0 fully saturated rings. The van der Waals surface area contributed by atoms with Crippen LogP contribution in [0, 0.1) is 0 Å². The summed E-state index contributed by atoms with van der Waals surface area (Å²) < 4.78 is 5.25. The molecule has 0 unspecified atom stereocenters. The fourth-order valence-electron chi connectivity index (χ4n) is 2.17. The summed E-state index contributed by atoms with van der Waals surface area (Å²) in [5, 5.41) is 3.35. The highest BCUT2D eigenvalue weighted by atomic mass is 32.1. The van der Waals surface area contributed by atoms with E-state index in [4.69, 9.17) is 22.7 Å². The fraction of sp³-hybridized carbons (Fsp3) is 0.235. The summed E-state index contributed by atoms with van der Waals surface area (Å²) in [7, 11) is 1.64. The zero-order chi connectivity index (χ0) is 15.2. The van der Waals surface area contributed by atoms with Crippen molar-refractivity contribution < 1.29 is 4.74 Å². The summed E-state index contributed by atoms with van der Waals surface area (Å²) in [6.07, 6.45) is 2.24. The Balaban J connectivity index is 2.26. The van der Waals surface area contributed by atoms with Crippen molar-refractivity contribution in [2.24, 2.45) is 5.73 Å². The number of hydrogen-bond acceptors (Lipinski definition) is 3. The first-order valence-corrected chi connectivity index (χ1v) is 7.38. The van der Waals surface area contributed by atoms with Gasteiger partial charge in [0.25, 0.3) is 0 Å². The van der Waals surface area contributed by atoms with Crippen LogP contribution in [-0.2, 0) is 6.42 Å². The molecule has 0 atom stereocenters. The normalized spacial score (nSPS) is 10.2. The van der Waals surface area contributed by atoms with Crippen LogP contribution in [-0.4, -0.2) is 12.1 Å². The van der Waals surface area contributed by atoms with E-state index < -0.39 is 0 Å². The lowest BCUT2D eigenvalue weighted by atomic mass is 10.1. The Kier molecular flexibility index (Phi) is 5.17. The van der Waals surface area contributed by atoms with Gasteiger partial charge in [-0.2, -0.15) is 0 Å².